The van der Waals surface area contributed by atoms with E-state index in [4.69, 9.17) is 0 Å². The monoisotopic (exact) mass is 268 g/mol. The molecule has 2 fully saturated rings. The van der Waals surface area contributed by atoms with Crippen molar-refractivity contribution in [3.63, 3.8) is 0 Å². The number of carbonyl (C=O) groups excluding carboxylic acids is 1. The molecule has 2 aliphatic heterocycles. The second kappa shape index (κ2) is 5.06. The second-order valence-corrected chi connectivity index (χ2v) is 5.19. The van der Waals surface area contributed by atoms with Gasteiger partial charge in [-0.15, -0.1) is 12.4 Å². The minimum atomic E-state index is -2.72. The van der Waals surface area contributed by atoms with Crippen LogP contribution >= 0.6 is 12.4 Å². The highest BCUT2D eigenvalue weighted by molar-refractivity contribution is 5.85. The highest BCUT2D eigenvalue weighted by atomic mass is 35.5. The summed E-state index contributed by atoms with van der Waals surface area (Å²) in [6.07, 6.45) is -0.356. The largest absolute Gasteiger partial charge is 0.341 e. The summed E-state index contributed by atoms with van der Waals surface area (Å²) in [6, 6.07) is -0.688. The maximum absolute atomic E-state index is 13.0. The third-order valence-corrected chi connectivity index (χ3v) is 3.71. The molecular weight excluding hydrogens is 250 g/mol. The normalized spacial score (nSPS) is 35.8. The molecule has 3 unspecified atom stereocenters. The summed E-state index contributed by atoms with van der Waals surface area (Å²) in [4.78, 5) is 13.7. The summed E-state index contributed by atoms with van der Waals surface area (Å²) in [5.74, 6) is -1.96. The SMILES string of the molecule is CC1CN(C(=O)C2CC(F)(F)CN2)CC1C.Cl. The molecule has 17 heavy (non-hydrogen) atoms. The number of alkyl halides is 2. The van der Waals surface area contributed by atoms with Crippen LogP contribution in [0.3, 0.4) is 0 Å². The van der Waals surface area contributed by atoms with E-state index in [1.165, 1.54) is 0 Å². The molecule has 1 N–H and O–H groups in total. The van der Waals surface area contributed by atoms with E-state index in [0.717, 1.165) is 0 Å². The van der Waals surface area contributed by atoms with Gasteiger partial charge in [-0.25, -0.2) is 8.78 Å². The Hall–Kier alpha value is -0.420. The van der Waals surface area contributed by atoms with Gasteiger partial charge < -0.3 is 4.90 Å². The van der Waals surface area contributed by atoms with E-state index < -0.39 is 12.0 Å². The first-order valence-electron chi connectivity index (χ1n) is 5.79. The lowest BCUT2D eigenvalue weighted by Gasteiger charge is -2.20. The minimum Gasteiger partial charge on any atom is -0.341 e. The Bertz CT molecular complexity index is 287. The van der Waals surface area contributed by atoms with Crippen LogP contribution in [0.2, 0.25) is 0 Å². The van der Waals surface area contributed by atoms with E-state index in [-0.39, 0.29) is 31.3 Å². The molecule has 3 atom stereocenters. The van der Waals surface area contributed by atoms with Gasteiger partial charge in [0.2, 0.25) is 5.91 Å². The molecule has 2 saturated heterocycles. The van der Waals surface area contributed by atoms with Gasteiger partial charge in [0.25, 0.3) is 5.92 Å². The van der Waals surface area contributed by atoms with Gasteiger partial charge in [-0.3, -0.25) is 10.1 Å². The molecule has 0 bridgehead atoms. The molecule has 2 aliphatic rings. The van der Waals surface area contributed by atoms with Crippen LogP contribution in [0.5, 0.6) is 0 Å². The molecule has 0 saturated carbocycles. The summed E-state index contributed by atoms with van der Waals surface area (Å²) in [5, 5.41) is 2.61. The lowest BCUT2D eigenvalue weighted by atomic mass is 10.0. The summed E-state index contributed by atoms with van der Waals surface area (Å²) in [6.45, 7) is 5.21. The molecule has 0 aromatic heterocycles. The zero-order valence-electron chi connectivity index (χ0n) is 10.1. The van der Waals surface area contributed by atoms with E-state index in [2.05, 4.69) is 19.2 Å². The third-order valence-electron chi connectivity index (χ3n) is 3.71. The van der Waals surface area contributed by atoms with Crippen LogP contribution in [0.4, 0.5) is 8.78 Å². The van der Waals surface area contributed by atoms with Crippen molar-refractivity contribution >= 4 is 18.3 Å². The topological polar surface area (TPSA) is 32.3 Å². The number of nitrogens with zero attached hydrogens (tertiary/aromatic N) is 1. The smallest absolute Gasteiger partial charge is 0.262 e. The van der Waals surface area contributed by atoms with Gasteiger partial charge in [-0.05, 0) is 11.8 Å². The Morgan fingerprint density at radius 2 is 1.82 bits per heavy atom. The Balaban J connectivity index is 0.00000144. The Morgan fingerprint density at radius 1 is 1.29 bits per heavy atom. The molecule has 2 rings (SSSR count). The first-order chi connectivity index (χ1) is 7.39. The van der Waals surface area contributed by atoms with Crippen molar-refractivity contribution in [3.05, 3.63) is 0 Å². The molecule has 100 valence electrons. The van der Waals surface area contributed by atoms with Gasteiger partial charge in [0.1, 0.15) is 0 Å². The van der Waals surface area contributed by atoms with Crippen LogP contribution in [0.15, 0.2) is 0 Å². The Labute approximate surface area is 106 Å². The van der Waals surface area contributed by atoms with Crippen LogP contribution in [0.1, 0.15) is 20.3 Å². The fraction of sp³-hybridized carbons (Fsp3) is 0.909. The van der Waals surface area contributed by atoms with Crippen molar-refractivity contribution in [2.75, 3.05) is 19.6 Å². The maximum atomic E-state index is 13.0. The second-order valence-electron chi connectivity index (χ2n) is 5.19. The molecule has 0 aromatic rings. The number of amides is 1. The molecule has 0 aliphatic carbocycles. The van der Waals surface area contributed by atoms with Crippen LogP contribution in [0, 0.1) is 11.8 Å². The Morgan fingerprint density at radius 3 is 2.24 bits per heavy atom. The number of likely N-dealkylation sites (tertiary alicyclic amines) is 1. The predicted octanol–water partition coefficient (Wildman–Crippen LogP) is 1.52. The van der Waals surface area contributed by atoms with Crippen molar-refractivity contribution in [1.29, 1.82) is 0 Å². The molecule has 6 heteroatoms. The number of nitrogens with one attached hydrogen (secondary N) is 1. The van der Waals surface area contributed by atoms with Crippen molar-refractivity contribution in [1.82, 2.24) is 10.2 Å². The minimum absolute atomic E-state index is 0. The molecular formula is C11H19ClF2N2O. The number of hydrogen-bond donors (Lipinski definition) is 1. The average molecular weight is 269 g/mol. The molecule has 0 aromatic carbocycles. The van der Waals surface area contributed by atoms with Crippen LogP contribution in [-0.2, 0) is 4.79 Å². The van der Waals surface area contributed by atoms with Crippen molar-refractivity contribution in [2.45, 2.75) is 32.2 Å². The van der Waals surface area contributed by atoms with E-state index in [1.54, 1.807) is 4.90 Å². The lowest BCUT2D eigenvalue weighted by molar-refractivity contribution is -0.132. The predicted molar refractivity (Wildman–Crippen MR) is 63.5 cm³/mol. The number of carbonyl (C=O) groups is 1. The van der Waals surface area contributed by atoms with Crippen LogP contribution in [-0.4, -0.2) is 42.4 Å². The average Bonchev–Trinajstić information content (AvgIpc) is 2.70. The first kappa shape index (κ1) is 14.6. The highest BCUT2D eigenvalue weighted by Crippen LogP contribution is 2.28. The zero-order valence-corrected chi connectivity index (χ0v) is 10.9. The van der Waals surface area contributed by atoms with E-state index in [0.29, 0.717) is 24.9 Å². The standard InChI is InChI=1S/C11H18F2N2O.ClH/c1-7-4-15(5-8(7)2)10(16)9-3-11(12,13)6-14-9;/h7-9,14H,3-6H2,1-2H3;1H. The van der Waals surface area contributed by atoms with Crippen molar-refractivity contribution in [2.24, 2.45) is 11.8 Å². The zero-order chi connectivity index (χ0) is 11.9. The van der Waals surface area contributed by atoms with Crippen molar-refractivity contribution in [3.8, 4) is 0 Å². The summed E-state index contributed by atoms with van der Waals surface area (Å²) in [5.41, 5.74) is 0. The van der Waals surface area contributed by atoms with E-state index in [1.807, 2.05) is 0 Å². The quantitative estimate of drug-likeness (QED) is 0.782. The van der Waals surface area contributed by atoms with Crippen LogP contribution < -0.4 is 5.32 Å². The summed E-state index contributed by atoms with van der Waals surface area (Å²) >= 11 is 0. The first-order valence-corrected chi connectivity index (χ1v) is 5.79. The summed E-state index contributed by atoms with van der Waals surface area (Å²) in [7, 11) is 0. The van der Waals surface area contributed by atoms with Gasteiger partial charge in [0.15, 0.2) is 0 Å². The fourth-order valence-corrected chi connectivity index (χ4v) is 2.42. The summed E-state index contributed by atoms with van der Waals surface area (Å²) < 4.78 is 25.9. The van der Waals surface area contributed by atoms with Gasteiger partial charge in [-0.2, -0.15) is 0 Å². The molecule has 1 amide bonds. The van der Waals surface area contributed by atoms with Crippen LogP contribution in [0.25, 0.3) is 0 Å². The fourth-order valence-electron chi connectivity index (χ4n) is 2.42. The van der Waals surface area contributed by atoms with Gasteiger partial charge >= 0.3 is 0 Å². The third kappa shape index (κ3) is 3.07. The molecule has 3 nitrogen and oxygen atoms in total. The molecule has 2 heterocycles. The maximum Gasteiger partial charge on any atom is 0.262 e. The highest BCUT2D eigenvalue weighted by Gasteiger charge is 2.44. The van der Waals surface area contributed by atoms with E-state index in [9.17, 15) is 13.6 Å². The van der Waals surface area contributed by atoms with Crippen molar-refractivity contribution < 1.29 is 13.6 Å². The van der Waals surface area contributed by atoms with Gasteiger partial charge in [0.05, 0.1) is 12.6 Å². The van der Waals surface area contributed by atoms with Gasteiger partial charge in [-0.1, -0.05) is 13.8 Å². The molecule has 0 spiro atoms. The molecule has 0 radical (unpaired) electrons. The lowest BCUT2D eigenvalue weighted by Crippen LogP contribution is -2.42. The van der Waals surface area contributed by atoms with E-state index >= 15 is 0 Å². The number of hydrogen-bond acceptors (Lipinski definition) is 2. The Kier molecular flexibility index (Phi) is 4.36. The number of halogens is 3. The number of rotatable bonds is 1. The van der Waals surface area contributed by atoms with Gasteiger partial charge in [0, 0.05) is 19.5 Å².